The number of para-hydroxylation sites is 1. The molecule has 5 nitrogen and oxygen atoms in total. The van der Waals surface area contributed by atoms with Crippen LogP contribution < -0.4 is 5.73 Å². The number of hydrogen-bond donors (Lipinski definition) is 1. The Bertz CT molecular complexity index is 702. The third-order valence-electron chi connectivity index (χ3n) is 3.53. The van der Waals surface area contributed by atoms with E-state index in [2.05, 4.69) is 10.1 Å². The van der Waals surface area contributed by atoms with E-state index < -0.39 is 0 Å². The van der Waals surface area contributed by atoms with E-state index in [4.69, 9.17) is 14.7 Å². The van der Waals surface area contributed by atoms with E-state index >= 15 is 0 Å². The van der Waals surface area contributed by atoms with Crippen LogP contribution in [-0.4, -0.2) is 16.7 Å². The predicted octanol–water partition coefficient (Wildman–Crippen LogP) is 3.54. The van der Waals surface area contributed by atoms with Crippen LogP contribution in [-0.2, 0) is 6.42 Å². The predicted molar refractivity (Wildman–Crippen MR) is 80.7 cm³/mol. The fourth-order valence-corrected chi connectivity index (χ4v) is 2.39. The van der Waals surface area contributed by atoms with Crippen molar-refractivity contribution < 1.29 is 8.94 Å². The highest BCUT2D eigenvalue weighted by Crippen LogP contribution is 2.28. The van der Waals surface area contributed by atoms with Crippen molar-refractivity contribution in [2.45, 2.75) is 32.1 Å². The zero-order valence-corrected chi connectivity index (χ0v) is 11.9. The van der Waals surface area contributed by atoms with Crippen molar-refractivity contribution in [2.75, 3.05) is 6.54 Å². The molecule has 0 saturated carbocycles. The molecule has 2 heterocycles. The van der Waals surface area contributed by atoms with Crippen LogP contribution in [0.3, 0.4) is 0 Å². The van der Waals surface area contributed by atoms with E-state index in [-0.39, 0.29) is 0 Å². The number of furan rings is 1. The van der Waals surface area contributed by atoms with E-state index in [1.807, 2.05) is 24.3 Å². The number of aromatic nitrogens is 2. The molecule has 1 aromatic carbocycles. The summed E-state index contributed by atoms with van der Waals surface area (Å²) in [4.78, 5) is 4.46. The van der Waals surface area contributed by atoms with Crippen LogP contribution in [0.5, 0.6) is 0 Å². The van der Waals surface area contributed by atoms with Crippen LogP contribution in [0.25, 0.3) is 22.4 Å². The molecule has 2 N–H and O–H groups in total. The van der Waals surface area contributed by atoms with Gasteiger partial charge in [0.15, 0.2) is 0 Å². The lowest BCUT2D eigenvalue weighted by molar-refractivity contribution is 0.374. The van der Waals surface area contributed by atoms with Crippen LogP contribution in [0.4, 0.5) is 0 Å². The summed E-state index contributed by atoms with van der Waals surface area (Å²) in [5, 5.41) is 5.06. The Morgan fingerprint density at radius 3 is 2.81 bits per heavy atom. The third kappa shape index (κ3) is 3.13. The normalized spacial score (nSPS) is 11.3. The molecular formula is C16H19N3O2. The second kappa shape index (κ2) is 6.54. The summed E-state index contributed by atoms with van der Waals surface area (Å²) in [6.07, 6.45) is 6.92. The SMILES string of the molecule is NCCCCCCc1nc(-c2coc3ccccc23)no1. The molecule has 0 saturated heterocycles. The first kappa shape index (κ1) is 13.8. The van der Waals surface area contributed by atoms with Gasteiger partial charge in [0, 0.05) is 11.8 Å². The molecule has 0 fully saturated rings. The Labute approximate surface area is 123 Å². The maximum absolute atomic E-state index is 5.50. The van der Waals surface area contributed by atoms with Crippen LogP contribution in [0, 0.1) is 0 Å². The average molecular weight is 285 g/mol. The Morgan fingerprint density at radius 2 is 1.90 bits per heavy atom. The van der Waals surface area contributed by atoms with Crippen LogP contribution >= 0.6 is 0 Å². The second-order valence-corrected chi connectivity index (χ2v) is 5.11. The summed E-state index contributed by atoms with van der Waals surface area (Å²) in [6.45, 7) is 0.762. The number of aryl methyl sites for hydroxylation is 1. The minimum atomic E-state index is 0.594. The van der Waals surface area contributed by atoms with Gasteiger partial charge in [0.2, 0.25) is 11.7 Å². The summed E-state index contributed by atoms with van der Waals surface area (Å²) in [6, 6.07) is 7.84. The third-order valence-corrected chi connectivity index (χ3v) is 3.53. The molecule has 0 atom stereocenters. The molecule has 0 aliphatic carbocycles. The Morgan fingerprint density at radius 1 is 1.05 bits per heavy atom. The number of fused-ring (bicyclic) bond motifs is 1. The van der Waals surface area contributed by atoms with Crippen LogP contribution in [0.2, 0.25) is 0 Å². The van der Waals surface area contributed by atoms with Crippen molar-refractivity contribution in [3.05, 3.63) is 36.4 Å². The molecule has 0 bridgehead atoms. The van der Waals surface area contributed by atoms with Crippen molar-refractivity contribution in [2.24, 2.45) is 5.73 Å². The summed E-state index contributed by atoms with van der Waals surface area (Å²) in [5.41, 5.74) is 7.19. The molecule has 3 aromatic rings. The summed E-state index contributed by atoms with van der Waals surface area (Å²) < 4.78 is 10.8. The fraction of sp³-hybridized carbons (Fsp3) is 0.375. The van der Waals surface area contributed by atoms with Crippen molar-refractivity contribution in [1.29, 1.82) is 0 Å². The summed E-state index contributed by atoms with van der Waals surface area (Å²) in [7, 11) is 0. The minimum absolute atomic E-state index is 0.594. The minimum Gasteiger partial charge on any atom is -0.464 e. The van der Waals surface area contributed by atoms with Gasteiger partial charge in [0.05, 0.1) is 5.56 Å². The summed E-state index contributed by atoms with van der Waals surface area (Å²) >= 11 is 0. The number of nitrogens with zero attached hydrogens (tertiary/aromatic N) is 2. The van der Waals surface area contributed by atoms with E-state index in [0.717, 1.165) is 55.2 Å². The first-order valence-electron chi connectivity index (χ1n) is 7.38. The van der Waals surface area contributed by atoms with Crippen LogP contribution in [0.1, 0.15) is 31.6 Å². The van der Waals surface area contributed by atoms with E-state index in [1.165, 1.54) is 0 Å². The number of nitrogens with two attached hydrogens (primary N) is 1. The maximum Gasteiger partial charge on any atom is 0.226 e. The molecule has 2 aromatic heterocycles. The first-order chi connectivity index (χ1) is 10.4. The Kier molecular flexibility index (Phi) is 4.31. The molecule has 0 aliphatic heterocycles. The van der Waals surface area contributed by atoms with Gasteiger partial charge in [-0.05, 0) is 25.5 Å². The number of rotatable bonds is 7. The van der Waals surface area contributed by atoms with Crippen LogP contribution in [0.15, 0.2) is 39.5 Å². The highest BCUT2D eigenvalue weighted by Gasteiger charge is 2.13. The lowest BCUT2D eigenvalue weighted by Crippen LogP contribution is -1.97. The van der Waals surface area contributed by atoms with Crippen molar-refractivity contribution in [1.82, 2.24) is 10.1 Å². The van der Waals surface area contributed by atoms with E-state index in [0.29, 0.717) is 11.7 Å². The quantitative estimate of drug-likeness (QED) is 0.672. The molecule has 0 amide bonds. The van der Waals surface area contributed by atoms with E-state index in [9.17, 15) is 0 Å². The molecule has 3 rings (SSSR count). The van der Waals surface area contributed by atoms with Gasteiger partial charge < -0.3 is 14.7 Å². The molecule has 110 valence electrons. The van der Waals surface area contributed by atoms with Gasteiger partial charge in [-0.2, -0.15) is 4.98 Å². The smallest absolute Gasteiger partial charge is 0.226 e. The monoisotopic (exact) mass is 285 g/mol. The topological polar surface area (TPSA) is 78.1 Å². The highest BCUT2D eigenvalue weighted by molar-refractivity contribution is 5.91. The zero-order chi connectivity index (χ0) is 14.5. The number of hydrogen-bond acceptors (Lipinski definition) is 5. The number of unbranched alkanes of at least 4 members (excludes halogenated alkanes) is 3. The molecule has 0 spiro atoms. The Balaban J connectivity index is 1.67. The standard InChI is InChI=1S/C16H19N3O2/c17-10-6-2-1-3-9-15-18-16(19-21-15)13-11-20-14-8-5-4-7-12(13)14/h4-5,7-8,11H,1-3,6,9-10,17H2. The van der Waals surface area contributed by atoms with Gasteiger partial charge in [0.25, 0.3) is 0 Å². The number of benzene rings is 1. The lowest BCUT2D eigenvalue weighted by Gasteiger charge is -1.96. The zero-order valence-electron chi connectivity index (χ0n) is 11.9. The molecule has 0 radical (unpaired) electrons. The largest absolute Gasteiger partial charge is 0.464 e. The van der Waals surface area contributed by atoms with E-state index in [1.54, 1.807) is 6.26 Å². The molecular weight excluding hydrogens is 266 g/mol. The lowest BCUT2D eigenvalue weighted by atomic mass is 10.1. The van der Waals surface area contributed by atoms with Gasteiger partial charge >= 0.3 is 0 Å². The van der Waals surface area contributed by atoms with Gasteiger partial charge in [-0.3, -0.25) is 0 Å². The Hall–Kier alpha value is -2.14. The molecule has 21 heavy (non-hydrogen) atoms. The summed E-state index contributed by atoms with van der Waals surface area (Å²) in [5.74, 6) is 1.28. The molecule has 5 heteroatoms. The highest BCUT2D eigenvalue weighted by atomic mass is 16.5. The van der Waals surface area contributed by atoms with Crippen molar-refractivity contribution >= 4 is 11.0 Å². The second-order valence-electron chi connectivity index (χ2n) is 5.11. The van der Waals surface area contributed by atoms with Gasteiger partial charge in [0.1, 0.15) is 11.8 Å². The first-order valence-corrected chi connectivity index (χ1v) is 7.38. The molecule has 0 unspecified atom stereocenters. The fourth-order valence-electron chi connectivity index (χ4n) is 2.39. The van der Waals surface area contributed by atoms with Crippen molar-refractivity contribution in [3.8, 4) is 11.4 Å². The molecule has 0 aliphatic rings. The van der Waals surface area contributed by atoms with Crippen molar-refractivity contribution in [3.63, 3.8) is 0 Å². The van der Waals surface area contributed by atoms with Gasteiger partial charge in [-0.25, -0.2) is 0 Å². The van der Waals surface area contributed by atoms with Gasteiger partial charge in [-0.1, -0.05) is 36.2 Å². The van der Waals surface area contributed by atoms with Gasteiger partial charge in [-0.15, -0.1) is 0 Å². The maximum atomic E-state index is 5.50. The average Bonchev–Trinajstić information content (AvgIpc) is 3.13.